The van der Waals surface area contributed by atoms with E-state index in [2.05, 4.69) is 10.1 Å². The highest BCUT2D eigenvalue weighted by atomic mass is 35.5. The lowest BCUT2D eigenvalue weighted by Gasteiger charge is -2.14. The molecule has 1 aliphatic heterocycles. The Morgan fingerprint density at radius 1 is 1.14 bits per heavy atom. The molecule has 0 spiro atoms. The minimum absolute atomic E-state index is 0.108. The second kappa shape index (κ2) is 6.28. The van der Waals surface area contributed by atoms with Crippen LogP contribution < -0.4 is 5.56 Å². The normalized spacial score (nSPS) is 14.3. The Kier molecular flexibility index (Phi) is 3.82. The topological polar surface area (TPSA) is 87.5 Å². The number of pyridine rings is 1. The Bertz CT molecular complexity index is 1450. The number of hydrogen-bond donors (Lipinski definition) is 1. The van der Waals surface area contributed by atoms with Gasteiger partial charge in [-0.3, -0.25) is 19.0 Å². The van der Waals surface area contributed by atoms with Crippen molar-refractivity contribution in [1.82, 2.24) is 14.6 Å². The predicted molar refractivity (Wildman–Crippen MR) is 112 cm³/mol. The van der Waals surface area contributed by atoms with Gasteiger partial charge in [-0.1, -0.05) is 29.8 Å². The minimum Gasteiger partial charge on any atom is -0.353 e. The number of rotatable bonds is 2. The maximum absolute atomic E-state index is 13.3. The van der Waals surface area contributed by atoms with Crippen molar-refractivity contribution < 1.29 is 9.59 Å². The van der Waals surface area contributed by atoms with E-state index in [4.69, 9.17) is 11.6 Å². The third-order valence-electron chi connectivity index (χ3n) is 5.12. The molecule has 2 aromatic carbocycles. The molecule has 8 heteroatoms. The average Bonchev–Trinajstić information content (AvgIpc) is 3.24. The summed E-state index contributed by atoms with van der Waals surface area (Å²) in [6.07, 6.45) is 0.108. The number of aromatic amines is 1. The van der Waals surface area contributed by atoms with Crippen molar-refractivity contribution in [1.29, 1.82) is 0 Å². The van der Waals surface area contributed by atoms with Crippen LogP contribution in [0.4, 0.5) is 0 Å². The van der Waals surface area contributed by atoms with Crippen molar-refractivity contribution in [3.8, 4) is 0 Å². The zero-order chi connectivity index (χ0) is 20.3. The first kappa shape index (κ1) is 17.6. The van der Waals surface area contributed by atoms with Crippen LogP contribution in [0, 0.1) is 0 Å². The first-order chi connectivity index (χ1) is 13.9. The van der Waals surface area contributed by atoms with Crippen LogP contribution in [0.3, 0.4) is 0 Å². The van der Waals surface area contributed by atoms with Gasteiger partial charge >= 0.3 is 0 Å². The fourth-order valence-corrected chi connectivity index (χ4v) is 4.04. The standard InChI is InChI=1S/C21H15ClN4O3/c1-11-8-17(27)26(24-11)18(28)10-25-20-15-9-12(22)6-7-16(15)23-19(20)13-4-2-3-5-14(13)21(25)29/h2-7,9,23H,8,10H2,1H3. The molecule has 29 heavy (non-hydrogen) atoms. The fraction of sp³-hybridized carbons (Fsp3) is 0.143. The van der Waals surface area contributed by atoms with Gasteiger partial charge in [-0.25, -0.2) is 0 Å². The summed E-state index contributed by atoms with van der Waals surface area (Å²) in [5.41, 5.74) is 2.37. The molecule has 2 amide bonds. The molecule has 144 valence electrons. The zero-order valence-corrected chi connectivity index (χ0v) is 16.2. The van der Waals surface area contributed by atoms with Gasteiger partial charge in [-0.15, -0.1) is 0 Å². The van der Waals surface area contributed by atoms with E-state index in [1.165, 1.54) is 4.57 Å². The molecule has 0 bridgehead atoms. The number of aromatic nitrogens is 2. The van der Waals surface area contributed by atoms with E-state index < -0.39 is 5.91 Å². The number of amides is 2. The highest BCUT2D eigenvalue weighted by Gasteiger charge is 2.28. The van der Waals surface area contributed by atoms with Crippen LogP contribution >= 0.6 is 11.6 Å². The predicted octanol–water partition coefficient (Wildman–Crippen LogP) is 3.42. The van der Waals surface area contributed by atoms with E-state index in [0.29, 0.717) is 21.6 Å². The fourth-order valence-electron chi connectivity index (χ4n) is 3.86. The van der Waals surface area contributed by atoms with Crippen LogP contribution in [0.25, 0.3) is 32.7 Å². The van der Waals surface area contributed by atoms with Crippen molar-refractivity contribution >= 4 is 61.8 Å². The van der Waals surface area contributed by atoms with Gasteiger partial charge in [0.25, 0.3) is 17.4 Å². The molecular weight excluding hydrogens is 392 g/mol. The van der Waals surface area contributed by atoms with Gasteiger partial charge in [0.15, 0.2) is 0 Å². The third kappa shape index (κ3) is 2.66. The molecule has 0 fully saturated rings. The largest absolute Gasteiger partial charge is 0.353 e. The molecule has 0 saturated carbocycles. The van der Waals surface area contributed by atoms with Gasteiger partial charge in [-0.2, -0.15) is 10.1 Å². The molecule has 3 heterocycles. The molecule has 0 atom stereocenters. The molecule has 0 unspecified atom stereocenters. The number of hydrazone groups is 1. The second-order valence-corrected chi connectivity index (χ2v) is 7.52. The number of benzene rings is 2. The van der Waals surface area contributed by atoms with Crippen molar-refractivity contribution in [2.75, 3.05) is 0 Å². The number of imide groups is 1. The number of H-pyrrole nitrogens is 1. The number of fused-ring (bicyclic) bond motifs is 5. The Hall–Kier alpha value is -3.45. The van der Waals surface area contributed by atoms with Crippen LogP contribution in [-0.4, -0.2) is 32.1 Å². The minimum atomic E-state index is -0.554. The summed E-state index contributed by atoms with van der Waals surface area (Å²) in [7, 11) is 0. The molecule has 1 N–H and O–H groups in total. The number of nitrogens with zero attached hydrogens (tertiary/aromatic N) is 3. The number of nitrogens with one attached hydrogen (secondary N) is 1. The molecule has 0 aliphatic carbocycles. The van der Waals surface area contributed by atoms with Crippen LogP contribution in [0.5, 0.6) is 0 Å². The second-order valence-electron chi connectivity index (χ2n) is 7.09. The molecule has 2 aromatic heterocycles. The quantitative estimate of drug-likeness (QED) is 0.553. The van der Waals surface area contributed by atoms with Crippen molar-refractivity contribution in [2.45, 2.75) is 19.9 Å². The number of carbonyl (C=O) groups is 2. The van der Waals surface area contributed by atoms with Crippen molar-refractivity contribution in [3.63, 3.8) is 0 Å². The summed E-state index contributed by atoms with van der Waals surface area (Å²) >= 11 is 6.19. The number of hydrogen-bond acceptors (Lipinski definition) is 4. The van der Waals surface area contributed by atoms with E-state index in [0.717, 1.165) is 26.8 Å². The lowest BCUT2D eigenvalue weighted by molar-refractivity contribution is -0.143. The van der Waals surface area contributed by atoms with Crippen LogP contribution in [0.2, 0.25) is 5.02 Å². The Morgan fingerprint density at radius 2 is 1.90 bits per heavy atom. The number of carbonyl (C=O) groups excluding carboxylic acids is 2. The van der Waals surface area contributed by atoms with Gasteiger partial charge < -0.3 is 4.98 Å². The van der Waals surface area contributed by atoms with Gasteiger partial charge in [0, 0.05) is 32.4 Å². The van der Waals surface area contributed by atoms with Gasteiger partial charge in [0.2, 0.25) is 0 Å². The SMILES string of the molecule is CC1=NN(C(=O)Cn2c(=O)c3ccccc3c3[nH]c4ccc(Cl)cc4c32)C(=O)C1. The Balaban J connectivity index is 1.81. The molecule has 7 nitrogen and oxygen atoms in total. The number of halogens is 1. The lowest BCUT2D eigenvalue weighted by Crippen LogP contribution is -2.35. The molecule has 0 radical (unpaired) electrons. The van der Waals surface area contributed by atoms with Crippen molar-refractivity contribution in [2.24, 2.45) is 5.10 Å². The first-order valence-corrected chi connectivity index (χ1v) is 9.44. The maximum atomic E-state index is 13.3. The summed E-state index contributed by atoms with van der Waals surface area (Å²) in [4.78, 5) is 41.5. The van der Waals surface area contributed by atoms with Crippen LogP contribution in [-0.2, 0) is 16.1 Å². The highest BCUT2D eigenvalue weighted by molar-refractivity contribution is 6.32. The molecular formula is C21H15ClN4O3. The maximum Gasteiger partial charge on any atom is 0.269 e. The highest BCUT2D eigenvalue weighted by Crippen LogP contribution is 2.31. The van der Waals surface area contributed by atoms with Gasteiger partial charge in [0.05, 0.1) is 17.5 Å². The zero-order valence-electron chi connectivity index (χ0n) is 15.4. The van der Waals surface area contributed by atoms with Crippen LogP contribution in [0.1, 0.15) is 13.3 Å². The van der Waals surface area contributed by atoms with E-state index in [-0.39, 0.29) is 24.4 Å². The molecule has 1 aliphatic rings. The summed E-state index contributed by atoms with van der Waals surface area (Å²) in [5, 5.41) is 7.36. The average molecular weight is 407 g/mol. The van der Waals surface area contributed by atoms with E-state index >= 15 is 0 Å². The van der Waals surface area contributed by atoms with E-state index in [1.54, 1.807) is 31.2 Å². The molecule has 5 rings (SSSR count). The first-order valence-electron chi connectivity index (χ1n) is 9.06. The third-order valence-corrected chi connectivity index (χ3v) is 5.35. The lowest BCUT2D eigenvalue weighted by atomic mass is 10.1. The summed E-state index contributed by atoms with van der Waals surface area (Å²) in [6.45, 7) is 1.38. The molecule has 0 saturated heterocycles. The van der Waals surface area contributed by atoms with Crippen molar-refractivity contribution in [3.05, 3.63) is 57.8 Å². The summed E-state index contributed by atoms with van der Waals surface area (Å²) in [6, 6.07) is 12.6. The van der Waals surface area contributed by atoms with E-state index in [9.17, 15) is 14.4 Å². The molecule has 4 aromatic rings. The smallest absolute Gasteiger partial charge is 0.269 e. The van der Waals surface area contributed by atoms with Gasteiger partial charge in [0.1, 0.15) is 6.54 Å². The van der Waals surface area contributed by atoms with E-state index in [1.807, 2.05) is 18.2 Å². The monoisotopic (exact) mass is 406 g/mol. The van der Waals surface area contributed by atoms with Crippen LogP contribution in [0.15, 0.2) is 52.4 Å². The Morgan fingerprint density at radius 3 is 2.62 bits per heavy atom. The summed E-state index contributed by atoms with van der Waals surface area (Å²) in [5.74, 6) is -0.943. The Labute approximate surface area is 169 Å². The summed E-state index contributed by atoms with van der Waals surface area (Å²) < 4.78 is 1.39. The van der Waals surface area contributed by atoms with Gasteiger partial charge in [-0.05, 0) is 31.2 Å².